The Hall–Kier alpha value is -1.60. The average Bonchev–Trinajstić information content (AvgIpc) is 2.43. The fourth-order valence-corrected chi connectivity index (χ4v) is 2.92. The van der Waals surface area contributed by atoms with E-state index in [4.69, 9.17) is 9.88 Å². The van der Waals surface area contributed by atoms with E-state index >= 15 is 0 Å². The van der Waals surface area contributed by atoms with Crippen LogP contribution in [0.4, 0.5) is 0 Å². The average molecular weight is 315 g/mol. The van der Waals surface area contributed by atoms with Gasteiger partial charge >= 0.3 is 5.97 Å². The van der Waals surface area contributed by atoms with E-state index in [9.17, 15) is 13.2 Å². The minimum atomic E-state index is -3.53. The van der Waals surface area contributed by atoms with Crippen molar-refractivity contribution in [2.45, 2.75) is 19.8 Å². The van der Waals surface area contributed by atoms with Crippen LogP contribution >= 0.6 is 0 Å². The van der Waals surface area contributed by atoms with Crippen molar-refractivity contribution >= 4 is 16.0 Å². The summed E-state index contributed by atoms with van der Waals surface area (Å²) in [6.45, 7) is 2.20. The summed E-state index contributed by atoms with van der Waals surface area (Å²) in [7, 11) is -2.22. The Morgan fingerprint density at radius 2 is 2.10 bits per heavy atom. The van der Waals surface area contributed by atoms with Gasteiger partial charge in [0.15, 0.2) is 0 Å². The Bertz CT molecular complexity index is 570. The number of primary sulfonamides is 1. The zero-order valence-corrected chi connectivity index (χ0v) is 13.1. The number of nitrogens with two attached hydrogens (primary N) is 1. The van der Waals surface area contributed by atoms with E-state index in [1.165, 1.54) is 7.11 Å². The summed E-state index contributed by atoms with van der Waals surface area (Å²) in [5.41, 5.74) is 0.383. The van der Waals surface area contributed by atoms with Crippen molar-refractivity contribution in [1.29, 1.82) is 0 Å². The Morgan fingerprint density at radius 3 is 2.67 bits per heavy atom. The van der Waals surface area contributed by atoms with E-state index in [2.05, 4.69) is 4.74 Å². The molecule has 0 aromatic heterocycles. The van der Waals surface area contributed by atoms with Crippen molar-refractivity contribution in [3.05, 3.63) is 29.8 Å². The van der Waals surface area contributed by atoms with Crippen molar-refractivity contribution in [2.24, 2.45) is 11.1 Å². The minimum absolute atomic E-state index is 0.114. The molecule has 21 heavy (non-hydrogen) atoms. The summed E-state index contributed by atoms with van der Waals surface area (Å²) in [6.07, 6.45) is 1.54. The highest BCUT2D eigenvalue weighted by atomic mass is 32.2. The molecule has 1 atom stereocenters. The fourth-order valence-electron chi connectivity index (χ4n) is 2.00. The van der Waals surface area contributed by atoms with Gasteiger partial charge in [-0.3, -0.25) is 0 Å². The van der Waals surface area contributed by atoms with Gasteiger partial charge in [0.05, 0.1) is 25.0 Å². The summed E-state index contributed by atoms with van der Waals surface area (Å²) in [5, 5.41) is 5.07. The number of esters is 1. The third kappa shape index (κ3) is 6.59. The van der Waals surface area contributed by atoms with E-state index < -0.39 is 16.0 Å². The standard InChI is InChI=1S/C14H21NO5S/c1-3-5-11(10-21(15,17)18)9-20-13-7-4-6-12(8-13)14(16)19-2/h4,6-8,11H,3,5,9-10H2,1-2H3,(H2,15,17,18). The maximum Gasteiger partial charge on any atom is 0.337 e. The van der Waals surface area contributed by atoms with Crippen LogP contribution in [0.1, 0.15) is 30.1 Å². The van der Waals surface area contributed by atoms with Gasteiger partial charge in [0.25, 0.3) is 0 Å². The maximum absolute atomic E-state index is 11.4. The molecule has 0 amide bonds. The summed E-state index contributed by atoms with van der Waals surface area (Å²) in [6, 6.07) is 6.56. The molecular weight excluding hydrogens is 294 g/mol. The van der Waals surface area contributed by atoms with Crippen molar-refractivity contribution in [3.8, 4) is 5.75 Å². The highest BCUT2D eigenvalue weighted by Gasteiger charge is 2.16. The largest absolute Gasteiger partial charge is 0.493 e. The fraction of sp³-hybridized carbons (Fsp3) is 0.500. The SMILES string of the molecule is CCCC(COc1cccc(C(=O)OC)c1)CS(N)(=O)=O. The number of hydrogen-bond donors (Lipinski definition) is 1. The van der Waals surface area contributed by atoms with Crippen LogP contribution in [-0.4, -0.2) is 33.9 Å². The van der Waals surface area contributed by atoms with Crippen molar-refractivity contribution in [1.82, 2.24) is 0 Å². The van der Waals surface area contributed by atoms with Gasteiger partial charge in [0.2, 0.25) is 10.0 Å². The van der Waals surface area contributed by atoms with Gasteiger partial charge in [-0.05, 0) is 24.6 Å². The lowest BCUT2D eigenvalue weighted by atomic mass is 10.1. The topological polar surface area (TPSA) is 95.7 Å². The lowest BCUT2D eigenvalue weighted by Crippen LogP contribution is -2.27. The summed E-state index contributed by atoms with van der Waals surface area (Å²) in [4.78, 5) is 11.4. The number of sulfonamides is 1. The zero-order valence-electron chi connectivity index (χ0n) is 12.2. The Kier molecular flexibility index (Phi) is 6.64. The van der Waals surface area contributed by atoms with E-state index in [0.29, 0.717) is 17.7 Å². The first kappa shape index (κ1) is 17.5. The first-order chi connectivity index (χ1) is 9.85. The summed E-state index contributed by atoms with van der Waals surface area (Å²) < 4.78 is 32.5. The summed E-state index contributed by atoms with van der Waals surface area (Å²) >= 11 is 0. The van der Waals surface area contributed by atoms with Gasteiger partial charge in [-0.1, -0.05) is 19.4 Å². The smallest absolute Gasteiger partial charge is 0.337 e. The van der Waals surface area contributed by atoms with Crippen LogP contribution in [0.2, 0.25) is 0 Å². The number of rotatable bonds is 8. The van der Waals surface area contributed by atoms with Gasteiger partial charge in [0, 0.05) is 5.92 Å². The summed E-state index contributed by atoms with van der Waals surface area (Å²) in [5.74, 6) is -0.243. The van der Waals surface area contributed by atoms with Crippen molar-refractivity contribution in [2.75, 3.05) is 19.5 Å². The first-order valence-electron chi connectivity index (χ1n) is 6.67. The molecule has 7 heteroatoms. The molecule has 0 saturated carbocycles. The normalized spacial score (nSPS) is 12.7. The number of hydrogen-bond acceptors (Lipinski definition) is 5. The van der Waals surface area contributed by atoms with Crippen molar-refractivity contribution < 1.29 is 22.7 Å². The number of carbonyl (C=O) groups is 1. The minimum Gasteiger partial charge on any atom is -0.493 e. The molecule has 0 aliphatic heterocycles. The molecule has 1 aromatic rings. The van der Waals surface area contributed by atoms with Crippen LogP contribution in [-0.2, 0) is 14.8 Å². The van der Waals surface area contributed by atoms with Gasteiger partial charge < -0.3 is 9.47 Å². The molecule has 0 aliphatic carbocycles. The van der Waals surface area contributed by atoms with Gasteiger partial charge in [-0.2, -0.15) is 0 Å². The second-order valence-corrected chi connectivity index (χ2v) is 6.47. The van der Waals surface area contributed by atoms with Gasteiger partial charge in [0.1, 0.15) is 5.75 Å². The molecule has 1 rings (SSSR count). The Balaban J connectivity index is 2.69. The lowest BCUT2D eigenvalue weighted by Gasteiger charge is -2.16. The monoisotopic (exact) mass is 315 g/mol. The Morgan fingerprint density at radius 1 is 1.38 bits per heavy atom. The zero-order chi connectivity index (χ0) is 15.9. The number of carbonyl (C=O) groups excluding carboxylic acids is 1. The molecule has 0 aliphatic rings. The van der Waals surface area contributed by atoms with Crippen LogP contribution in [0.5, 0.6) is 5.75 Å². The second kappa shape index (κ2) is 7.99. The van der Waals surface area contributed by atoms with Crippen LogP contribution in [0.3, 0.4) is 0 Å². The molecule has 1 aromatic carbocycles. The maximum atomic E-state index is 11.4. The van der Waals surface area contributed by atoms with Crippen LogP contribution in [0, 0.1) is 5.92 Å². The molecule has 6 nitrogen and oxygen atoms in total. The molecule has 0 spiro atoms. The second-order valence-electron chi connectivity index (χ2n) is 4.81. The van der Waals surface area contributed by atoms with Gasteiger partial charge in [-0.15, -0.1) is 0 Å². The molecule has 0 bridgehead atoms. The third-order valence-electron chi connectivity index (χ3n) is 2.91. The van der Waals surface area contributed by atoms with Gasteiger partial charge in [-0.25, -0.2) is 18.4 Å². The number of benzene rings is 1. The van der Waals surface area contributed by atoms with E-state index in [0.717, 1.165) is 6.42 Å². The highest BCUT2D eigenvalue weighted by Crippen LogP contribution is 2.17. The molecule has 1 unspecified atom stereocenters. The number of methoxy groups -OCH3 is 1. The molecule has 0 fully saturated rings. The van der Waals surface area contributed by atoms with Crippen LogP contribution in [0.25, 0.3) is 0 Å². The molecule has 118 valence electrons. The van der Waals surface area contributed by atoms with Crippen LogP contribution < -0.4 is 9.88 Å². The predicted octanol–water partition coefficient (Wildman–Crippen LogP) is 1.56. The highest BCUT2D eigenvalue weighted by molar-refractivity contribution is 7.89. The van der Waals surface area contributed by atoms with E-state index in [-0.39, 0.29) is 18.3 Å². The molecule has 0 heterocycles. The Labute approximate surface area is 125 Å². The number of ether oxygens (including phenoxy) is 2. The third-order valence-corrected chi connectivity index (χ3v) is 3.84. The lowest BCUT2D eigenvalue weighted by molar-refractivity contribution is 0.0600. The van der Waals surface area contributed by atoms with E-state index in [1.807, 2.05) is 6.92 Å². The quantitative estimate of drug-likeness (QED) is 0.734. The molecule has 2 N–H and O–H groups in total. The molecule has 0 saturated heterocycles. The molecule has 0 radical (unpaired) electrons. The predicted molar refractivity (Wildman–Crippen MR) is 79.6 cm³/mol. The first-order valence-corrected chi connectivity index (χ1v) is 8.39. The molecular formula is C14H21NO5S. The van der Waals surface area contributed by atoms with Crippen LogP contribution in [0.15, 0.2) is 24.3 Å². The van der Waals surface area contributed by atoms with E-state index in [1.54, 1.807) is 24.3 Å². The van der Waals surface area contributed by atoms with Crippen molar-refractivity contribution in [3.63, 3.8) is 0 Å².